The van der Waals surface area contributed by atoms with Crippen molar-refractivity contribution >= 4 is 55.0 Å². The highest BCUT2D eigenvalue weighted by Gasteiger charge is 2.16. The SMILES string of the molecule is Cc1ccc(NC(=O)Cn2c(C)nc3c(sc4ncccc43)c2=O)c(Cl)c1. The number of hydrogen-bond donors (Lipinski definition) is 1. The Kier molecular flexibility index (Phi) is 4.41. The molecule has 0 radical (unpaired) electrons. The summed E-state index contributed by atoms with van der Waals surface area (Å²) < 4.78 is 1.87. The Morgan fingerprint density at radius 2 is 2.11 bits per heavy atom. The van der Waals surface area contributed by atoms with Crippen molar-refractivity contribution in [2.24, 2.45) is 0 Å². The second-order valence-corrected chi connectivity index (χ2v) is 7.62. The van der Waals surface area contributed by atoms with Crippen LogP contribution in [0.3, 0.4) is 0 Å². The molecule has 6 nitrogen and oxygen atoms in total. The van der Waals surface area contributed by atoms with Crippen molar-refractivity contribution in [1.82, 2.24) is 14.5 Å². The van der Waals surface area contributed by atoms with Gasteiger partial charge in [0.2, 0.25) is 5.91 Å². The van der Waals surface area contributed by atoms with E-state index in [1.54, 1.807) is 25.3 Å². The van der Waals surface area contributed by atoms with E-state index >= 15 is 0 Å². The van der Waals surface area contributed by atoms with Crippen LogP contribution in [0.1, 0.15) is 11.4 Å². The van der Waals surface area contributed by atoms with Crippen LogP contribution < -0.4 is 10.9 Å². The van der Waals surface area contributed by atoms with Gasteiger partial charge >= 0.3 is 0 Å². The monoisotopic (exact) mass is 398 g/mol. The maximum atomic E-state index is 12.9. The molecule has 4 aromatic rings. The second-order valence-electron chi connectivity index (χ2n) is 6.22. The van der Waals surface area contributed by atoms with E-state index in [2.05, 4.69) is 15.3 Å². The van der Waals surface area contributed by atoms with E-state index < -0.39 is 0 Å². The zero-order valence-corrected chi connectivity index (χ0v) is 16.2. The fourth-order valence-electron chi connectivity index (χ4n) is 2.91. The highest BCUT2D eigenvalue weighted by Crippen LogP contribution is 2.28. The first-order valence-electron chi connectivity index (χ1n) is 8.24. The Balaban J connectivity index is 1.70. The van der Waals surface area contributed by atoms with Gasteiger partial charge in [0.25, 0.3) is 5.56 Å². The number of nitrogens with one attached hydrogen (secondary N) is 1. The van der Waals surface area contributed by atoms with E-state index in [-0.39, 0.29) is 18.0 Å². The lowest BCUT2D eigenvalue weighted by Crippen LogP contribution is -2.29. The molecule has 136 valence electrons. The Morgan fingerprint density at radius 3 is 2.89 bits per heavy atom. The number of nitrogens with zero attached hydrogens (tertiary/aromatic N) is 3. The molecule has 1 N–H and O–H groups in total. The van der Waals surface area contributed by atoms with Gasteiger partial charge in [-0.15, -0.1) is 11.3 Å². The maximum Gasteiger partial charge on any atom is 0.272 e. The predicted octanol–water partition coefficient (Wildman–Crippen LogP) is 3.92. The van der Waals surface area contributed by atoms with Gasteiger partial charge in [-0.3, -0.25) is 14.2 Å². The van der Waals surface area contributed by atoms with Gasteiger partial charge in [0.05, 0.1) is 16.2 Å². The van der Waals surface area contributed by atoms with E-state index in [9.17, 15) is 9.59 Å². The van der Waals surface area contributed by atoms with Gasteiger partial charge in [0.15, 0.2) is 0 Å². The van der Waals surface area contributed by atoms with Crippen LogP contribution >= 0.6 is 22.9 Å². The van der Waals surface area contributed by atoms with Gasteiger partial charge in [0.1, 0.15) is 21.9 Å². The van der Waals surface area contributed by atoms with Crippen LogP contribution in [0.25, 0.3) is 20.4 Å². The Hall–Kier alpha value is -2.77. The van der Waals surface area contributed by atoms with Gasteiger partial charge < -0.3 is 5.32 Å². The number of benzene rings is 1. The molecule has 27 heavy (non-hydrogen) atoms. The number of pyridine rings is 1. The molecule has 3 heterocycles. The smallest absolute Gasteiger partial charge is 0.272 e. The molecule has 0 saturated carbocycles. The van der Waals surface area contributed by atoms with Crippen molar-refractivity contribution in [3.05, 3.63) is 63.3 Å². The lowest BCUT2D eigenvalue weighted by molar-refractivity contribution is -0.116. The Morgan fingerprint density at radius 1 is 1.30 bits per heavy atom. The fraction of sp³-hybridized carbons (Fsp3) is 0.158. The van der Waals surface area contributed by atoms with Crippen LogP contribution in [0.5, 0.6) is 0 Å². The summed E-state index contributed by atoms with van der Waals surface area (Å²) in [4.78, 5) is 35.0. The number of amides is 1. The van der Waals surface area contributed by atoms with Crippen molar-refractivity contribution in [2.45, 2.75) is 20.4 Å². The van der Waals surface area contributed by atoms with Crippen LogP contribution in [0.4, 0.5) is 5.69 Å². The summed E-state index contributed by atoms with van der Waals surface area (Å²) in [7, 11) is 0. The summed E-state index contributed by atoms with van der Waals surface area (Å²) in [5.41, 5.74) is 1.89. The third-order valence-electron chi connectivity index (χ3n) is 4.24. The minimum absolute atomic E-state index is 0.139. The number of anilines is 1. The summed E-state index contributed by atoms with van der Waals surface area (Å²) in [6.45, 7) is 3.49. The number of rotatable bonds is 3. The van der Waals surface area contributed by atoms with E-state index in [4.69, 9.17) is 11.6 Å². The zero-order chi connectivity index (χ0) is 19.1. The summed E-state index contributed by atoms with van der Waals surface area (Å²) in [5, 5.41) is 4.05. The lowest BCUT2D eigenvalue weighted by Gasteiger charge is -2.11. The first-order chi connectivity index (χ1) is 12.9. The molecule has 0 saturated heterocycles. The average molecular weight is 399 g/mol. The average Bonchev–Trinajstić information content (AvgIpc) is 3.00. The van der Waals surface area contributed by atoms with Crippen LogP contribution in [-0.4, -0.2) is 20.4 Å². The van der Waals surface area contributed by atoms with Gasteiger partial charge in [-0.1, -0.05) is 17.7 Å². The molecule has 4 rings (SSSR count). The Labute approximate surface area is 163 Å². The molecular formula is C19H15ClN4O2S. The van der Waals surface area contributed by atoms with Crippen LogP contribution in [0, 0.1) is 13.8 Å². The second kappa shape index (κ2) is 6.75. The third-order valence-corrected chi connectivity index (χ3v) is 5.65. The molecule has 0 unspecified atom stereocenters. The lowest BCUT2D eigenvalue weighted by atomic mass is 10.2. The van der Waals surface area contributed by atoms with E-state index in [0.717, 1.165) is 15.8 Å². The first kappa shape index (κ1) is 17.6. The van der Waals surface area contributed by atoms with Crippen molar-refractivity contribution < 1.29 is 4.79 Å². The molecule has 0 fully saturated rings. The highest BCUT2D eigenvalue weighted by atomic mass is 35.5. The van der Waals surface area contributed by atoms with Crippen LogP contribution in [-0.2, 0) is 11.3 Å². The number of halogens is 1. The zero-order valence-electron chi connectivity index (χ0n) is 14.6. The number of fused-ring (bicyclic) bond motifs is 3. The fourth-order valence-corrected chi connectivity index (χ4v) is 4.22. The van der Waals surface area contributed by atoms with Crippen molar-refractivity contribution in [3.8, 4) is 0 Å². The first-order valence-corrected chi connectivity index (χ1v) is 9.44. The molecule has 3 aromatic heterocycles. The molecule has 0 bridgehead atoms. The molecule has 1 amide bonds. The summed E-state index contributed by atoms with van der Waals surface area (Å²) in [6, 6.07) is 9.08. The minimum Gasteiger partial charge on any atom is -0.323 e. The van der Waals surface area contributed by atoms with Gasteiger partial charge in [-0.2, -0.15) is 0 Å². The quantitative estimate of drug-likeness (QED) is 0.567. The van der Waals surface area contributed by atoms with Crippen LogP contribution in [0.15, 0.2) is 41.3 Å². The summed E-state index contributed by atoms with van der Waals surface area (Å²) in [5.74, 6) is 0.132. The molecule has 0 atom stereocenters. The molecule has 0 spiro atoms. The number of aromatic nitrogens is 3. The largest absolute Gasteiger partial charge is 0.323 e. The summed E-state index contributed by atoms with van der Waals surface area (Å²) in [6.07, 6.45) is 1.68. The molecular weight excluding hydrogens is 384 g/mol. The standard InChI is InChI=1S/C19H15ClN4O2S/c1-10-5-6-14(13(20)8-10)23-15(25)9-24-11(2)22-16-12-4-3-7-21-18(12)27-17(16)19(24)26/h3-8H,9H2,1-2H3,(H,23,25). The predicted molar refractivity (Wildman–Crippen MR) is 109 cm³/mol. The molecule has 8 heteroatoms. The molecule has 0 aliphatic rings. The highest BCUT2D eigenvalue weighted by molar-refractivity contribution is 7.25. The van der Waals surface area contributed by atoms with Crippen molar-refractivity contribution in [1.29, 1.82) is 0 Å². The van der Waals surface area contributed by atoms with Gasteiger partial charge in [0, 0.05) is 11.6 Å². The van der Waals surface area contributed by atoms with E-state index in [0.29, 0.717) is 26.8 Å². The van der Waals surface area contributed by atoms with E-state index in [1.165, 1.54) is 15.9 Å². The summed E-state index contributed by atoms with van der Waals surface area (Å²) >= 11 is 7.45. The minimum atomic E-state index is -0.341. The Bertz CT molecular complexity index is 1260. The molecule has 0 aliphatic carbocycles. The number of carbonyl (C=O) groups is 1. The number of hydrogen-bond acceptors (Lipinski definition) is 5. The van der Waals surface area contributed by atoms with E-state index in [1.807, 2.05) is 25.1 Å². The molecule has 0 aliphatic heterocycles. The van der Waals surface area contributed by atoms with Gasteiger partial charge in [-0.25, -0.2) is 9.97 Å². The number of thiophene rings is 1. The maximum absolute atomic E-state index is 12.9. The number of carbonyl (C=O) groups excluding carboxylic acids is 1. The third kappa shape index (κ3) is 3.20. The number of aryl methyl sites for hydroxylation is 2. The normalized spacial score (nSPS) is 11.2. The van der Waals surface area contributed by atoms with Crippen molar-refractivity contribution in [3.63, 3.8) is 0 Å². The topological polar surface area (TPSA) is 76.9 Å². The van der Waals surface area contributed by atoms with Gasteiger partial charge in [-0.05, 0) is 43.7 Å². The van der Waals surface area contributed by atoms with Crippen molar-refractivity contribution in [2.75, 3.05) is 5.32 Å². The van der Waals surface area contributed by atoms with Crippen LogP contribution in [0.2, 0.25) is 5.02 Å². The molecule has 1 aromatic carbocycles.